The highest BCUT2D eigenvalue weighted by Gasteiger charge is 2.18. The van der Waals surface area contributed by atoms with Gasteiger partial charge in [-0.1, -0.05) is 41.1 Å². The largest absolute Gasteiger partial charge is 0.347 e. The van der Waals surface area contributed by atoms with E-state index in [0.29, 0.717) is 17.9 Å². The fourth-order valence-electron chi connectivity index (χ4n) is 2.61. The summed E-state index contributed by atoms with van der Waals surface area (Å²) in [6, 6.07) is 13.9. The van der Waals surface area contributed by atoms with Crippen LogP contribution in [0.5, 0.6) is 0 Å². The Bertz CT molecular complexity index is 980. The molecule has 1 heterocycles. The molecule has 0 radical (unpaired) electrons. The molecule has 0 unspecified atom stereocenters. The number of nitrogens with one attached hydrogen (secondary N) is 1. The molecule has 3 aromatic rings. The van der Waals surface area contributed by atoms with Gasteiger partial charge in [-0.15, -0.1) is 5.10 Å². The second-order valence-electron chi connectivity index (χ2n) is 5.88. The summed E-state index contributed by atoms with van der Waals surface area (Å²) < 4.78 is 1.41. The van der Waals surface area contributed by atoms with Crippen molar-refractivity contribution in [1.82, 2.24) is 20.3 Å². The van der Waals surface area contributed by atoms with Crippen LogP contribution in [0.15, 0.2) is 48.5 Å². The lowest BCUT2D eigenvalue weighted by molar-refractivity contribution is -0.384. The van der Waals surface area contributed by atoms with E-state index in [9.17, 15) is 14.9 Å². The van der Waals surface area contributed by atoms with Crippen LogP contribution in [0.2, 0.25) is 0 Å². The molecule has 0 saturated carbocycles. The number of benzene rings is 2. The fourth-order valence-corrected chi connectivity index (χ4v) is 2.61. The Hall–Kier alpha value is -3.55. The molecule has 1 amide bonds. The number of nitro groups is 1. The first-order valence-electron chi connectivity index (χ1n) is 7.96. The minimum Gasteiger partial charge on any atom is -0.347 e. The van der Waals surface area contributed by atoms with Gasteiger partial charge in [0.1, 0.15) is 0 Å². The molecule has 0 fully saturated rings. The molecule has 0 atom stereocenters. The molecule has 1 N–H and O–H groups in total. The van der Waals surface area contributed by atoms with Crippen molar-refractivity contribution in [2.45, 2.75) is 20.4 Å². The van der Waals surface area contributed by atoms with Gasteiger partial charge in [-0.05, 0) is 25.5 Å². The first kappa shape index (κ1) is 17.3. The molecule has 8 heteroatoms. The van der Waals surface area contributed by atoms with E-state index in [1.54, 1.807) is 19.1 Å². The Balaban J connectivity index is 1.79. The highest BCUT2D eigenvalue weighted by atomic mass is 16.6. The predicted octanol–water partition coefficient (Wildman–Crippen LogP) is 2.72. The lowest BCUT2D eigenvalue weighted by Gasteiger charge is -2.06. The van der Waals surface area contributed by atoms with Crippen LogP contribution in [-0.4, -0.2) is 25.8 Å². The molecule has 0 aliphatic rings. The molecule has 26 heavy (non-hydrogen) atoms. The number of nitro benzene ring substituents is 1. The lowest BCUT2D eigenvalue weighted by atomic mass is 10.1. The van der Waals surface area contributed by atoms with Gasteiger partial charge in [-0.3, -0.25) is 14.9 Å². The van der Waals surface area contributed by atoms with Gasteiger partial charge in [0.05, 0.1) is 16.3 Å². The topological polar surface area (TPSA) is 103 Å². The van der Waals surface area contributed by atoms with Gasteiger partial charge >= 0.3 is 0 Å². The van der Waals surface area contributed by atoms with Crippen molar-refractivity contribution in [1.29, 1.82) is 0 Å². The molecule has 0 aliphatic carbocycles. The van der Waals surface area contributed by atoms with Crippen molar-refractivity contribution in [3.05, 3.63) is 81.2 Å². The second-order valence-corrected chi connectivity index (χ2v) is 5.88. The third-order valence-corrected chi connectivity index (χ3v) is 3.93. The predicted molar refractivity (Wildman–Crippen MR) is 95.1 cm³/mol. The van der Waals surface area contributed by atoms with Crippen molar-refractivity contribution in [3.8, 4) is 5.69 Å². The average molecular weight is 351 g/mol. The van der Waals surface area contributed by atoms with Gasteiger partial charge in [-0.25, -0.2) is 4.68 Å². The van der Waals surface area contributed by atoms with Crippen molar-refractivity contribution >= 4 is 11.6 Å². The summed E-state index contributed by atoms with van der Waals surface area (Å²) in [6.07, 6.45) is 0. The van der Waals surface area contributed by atoms with Crippen molar-refractivity contribution in [2.24, 2.45) is 0 Å². The van der Waals surface area contributed by atoms with Crippen LogP contribution >= 0.6 is 0 Å². The standard InChI is InChI=1S/C18H17N5O3/c1-12-5-3-6-14(9-12)11-19-18(24)17-13(2)22(21-20-17)15-7-4-8-16(10-15)23(25)26/h3-10H,11H2,1-2H3,(H,19,24). The fraction of sp³-hybridized carbons (Fsp3) is 0.167. The van der Waals surface area contributed by atoms with E-state index in [1.165, 1.54) is 16.8 Å². The van der Waals surface area contributed by atoms with E-state index in [4.69, 9.17) is 0 Å². The number of aromatic nitrogens is 3. The number of carbonyl (C=O) groups is 1. The van der Waals surface area contributed by atoms with Gasteiger partial charge in [0.25, 0.3) is 11.6 Å². The Labute approximate surface area is 149 Å². The summed E-state index contributed by atoms with van der Waals surface area (Å²) in [5.74, 6) is -0.347. The van der Waals surface area contributed by atoms with Crippen LogP contribution in [0.25, 0.3) is 5.69 Å². The lowest BCUT2D eigenvalue weighted by Crippen LogP contribution is -2.24. The molecule has 8 nitrogen and oxygen atoms in total. The first-order valence-corrected chi connectivity index (χ1v) is 7.96. The highest BCUT2D eigenvalue weighted by molar-refractivity contribution is 5.93. The van der Waals surface area contributed by atoms with E-state index < -0.39 is 4.92 Å². The highest BCUT2D eigenvalue weighted by Crippen LogP contribution is 2.18. The van der Waals surface area contributed by atoms with Gasteiger partial charge in [0, 0.05) is 18.7 Å². The number of nitrogens with zero attached hydrogens (tertiary/aromatic N) is 4. The summed E-state index contributed by atoms with van der Waals surface area (Å²) in [6.45, 7) is 4.06. The third-order valence-electron chi connectivity index (χ3n) is 3.93. The second kappa shape index (κ2) is 7.14. The number of carbonyl (C=O) groups excluding carboxylic acids is 1. The SMILES string of the molecule is Cc1cccc(CNC(=O)c2nnn(-c3cccc([N+](=O)[O-])c3)c2C)c1. The molecule has 0 bridgehead atoms. The van der Waals surface area contributed by atoms with E-state index in [2.05, 4.69) is 15.6 Å². The van der Waals surface area contributed by atoms with Crippen molar-refractivity contribution < 1.29 is 9.72 Å². The van der Waals surface area contributed by atoms with Gasteiger partial charge in [-0.2, -0.15) is 0 Å². The monoisotopic (exact) mass is 351 g/mol. The zero-order chi connectivity index (χ0) is 18.7. The van der Waals surface area contributed by atoms with Crippen LogP contribution in [-0.2, 0) is 6.54 Å². The normalized spacial score (nSPS) is 10.5. The first-order chi connectivity index (χ1) is 12.5. The molecule has 0 aliphatic heterocycles. The third kappa shape index (κ3) is 3.59. The maximum Gasteiger partial charge on any atom is 0.274 e. The van der Waals surface area contributed by atoms with Gasteiger partial charge in [0.2, 0.25) is 0 Å². The minimum atomic E-state index is -0.481. The Morgan fingerprint density at radius 2 is 1.96 bits per heavy atom. The maximum absolute atomic E-state index is 12.4. The number of rotatable bonds is 5. The van der Waals surface area contributed by atoms with Crippen molar-refractivity contribution in [2.75, 3.05) is 0 Å². The number of amides is 1. The average Bonchev–Trinajstić information content (AvgIpc) is 3.01. The van der Waals surface area contributed by atoms with E-state index in [1.807, 2.05) is 31.2 Å². The number of aryl methyl sites for hydroxylation is 1. The molecule has 2 aromatic carbocycles. The van der Waals surface area contributed by atoms with Crippen molar-refractivity contribution in [3.63, 3.8) is 0 Å². The summed E-state index contributed by atoms with van der Waals surface area (Å²) in [5.41, 5.74) is 3.22. The molecule has 0 saturated heterocycles. The Morgan fingerprint density at radius 1 is 1.19 bits per heavy atom. The zero-order valence-corrected chi connectivity index (χ0v) is 14.3. The molecule has 132 valence electrons. The zero-order valence-electron chi connectivity index (χ0n) is 14.3. The summed E-state index contributed by atoms with van der Waals surface area (Å²) in [7, 11) is 0. The summed E-state index contributed by atoms with van der Waals surface area (Å²) in [5, 5.41) is 21.6. The minimum absolute atomic E-state index is 0.0529. The van der Waals surface area contributed by atoms with E-state index in [-0.39, 0.29) is 17.3 Å². The van der Waals surface area contributed by atoms with Crippen LogP contribution in [0, 0.1) is 24.0 Å². The number of hydrogen-bond acceptors (Lipinski definition) is 5. The number of non-ortho nitro benzene ring substituents is 1. The quantitative estimate of drug-likeness (QED) is 0.562. The smallest absolute Gasteiger partial charge is 0.274 e. The molecule has 1 aromatic heterocycles. The van der Waals surface area contributed by atoms with Gasteiger partial charge < -0.3 is 5.32 Å². The number of hydrogen-bond donors (Lipinski definition) is 1. The van der Waals surface area contributed by atoms with Crippen LogP contribution < -0.4 is 5.32 Å². The summed E-state index contributed by atoms with van der Waals surface area (Å²) in [4.78, 5) is 22.9. The molecular formula is C18H17N5O3. The maximum atomic E-state index is 12.4. The van der Waals surface area contributed by atoms with E-state index >= 15 is 0 Å². The Morgan fingerprint density at radius 3 is 2.69 bits per heavy atom. The molecular weight excluding hydrogens is 334 g/mol. The van der Waals surface area contributed by atoms with Crippen LogP contribution in [0.4, 0.5) is 5.69 Å². The summed E-state index contributed by atoms with van der Waals surface area (Å²) >= 11 is 0. The van der Waals surface area contributed by atoms with Crippen LogP contribution in [0.3, 0.4) is 0 Å². The van der Waals surface area contributed by atoms with Gasteiger partial charge in [0.15, 0.2) is 5.69 Å². The Kier molecular flexibility index (Phi) is 4.74. The van der Waals surface area contributed by atoms with E-state index in [0.717, 1.165) is 11.1 Å². The molecule has 0 spiro atoms. The van der Waals surface area contributed by atoms with Crippen LogP contribution in [0.1, 0.15) is 27.3 Å². The molecule has 3 rings (SSSR count).